The molecule has 2 aromatic carbocycles. The van der Waals surface area contributed by atoms with Gasteiger partial charge in [-0.15, -0.1) is 0 Å². The van der Waals surface area contributed by atoms with E-state index in [2.05, 4.69) is 4.90 Å². The fraction of sp³-hybridized carbons (Fsp3) is 0.400. The predicted octanol–water partition coefficient (Wildman–Crippen LogP) is 4.55. The maximum atomic E-state index is 12.7. The van der Waals surface area contributed by atoms with Crippen LogP contribution in [0.25, 0.3) is 0 Å². The van der Waals surface area contributed by atoms with Gasteiger partial charge in [0.05, 0.1) is 18.8 Å². The van der Waals surface area contributed by atoms with E-state index in [0.29, 0.717) is 5.75 Å². The van der Waals surface area contributed by atoms with Crippen molar-refractivity contribution in [2.24, 2.45) is 0 Å². The summed E-state index contributed by atoms with van der Waals surface area (Å²) in [4.78, 5) is 2.32. The van der Waals surface area contributed by atoms with Gasteiger partial charge in [0.2, 0.25) is 0 Å². The summed E-state index contributed by atoms with van der Waals surface area (Å²) in [5.74, 6) is 0.439. The SMILES string of the molecule is FC(F)(F)c1ccc(OC(CCN2CCOCC2)c2ccccc2)cc1. The number of ether oxygens (including phenoxy) is 2. The van der Waals surface area contributed by atoms with Gasteiger partial charge in [0.25, 0.3) is 0 Å². The Labute approximate surface area is 151 Å². The highest BCUT2D eigenvalue weighted by Crippen LogP contribution is 2.32. The number of halogens is 3. The van der Waals surface area contributed by atoms with Crippen molar-refractivity contribution >= 4 is 0 Å². The number of nitrogens with zero attached hydrogens (tertiary/aromatic N) is 1. The van der Waals surface area contributed by atoms with Crippen molar-refractivity contribution in [3.05, 3.63) is 65.7 Å². The molecule has 26 heavy (non-hydrogen) atoms. The van der Waals surface area contributed by atoms with Gasteiger partial charge in [0.15, 0.2) is 0 Å². The first-order valence-corrected chi connectivity index (χ1v) is 8.71. The Morgan fingerprint density at radius 2 is 1.62 bits per heavy atom. The second-order valence-electron chi connectivity index (χ2n) is 6.28. The number of hydrogen-bond acceptors (Lipinski definition) is 3. The Kier molecular flexibility index (Phi) is 6.16. The Bertz CT molecular complexity index is 668. The summed E-state index contributed by atoms with van der Waals surface area (Å²) in [6, 6.07) is 14.6. The highest BCUT2D eigenvalue weighted by Gasteiger charge is 2.30. The third-order valence-corrected chi connectivity index (χ3v) is 4.44. The van der Waals surface area contributed by atoms with E-state index in [1.54, 1.807) is 0 Å². The third-order valence-electron chi connectivity index (χ3n) is 4.44. The zero-order chi connectivity index (χ0) is 18.4. The van der Waals surface area contributed by atoms with E-state index in [0.717, 1.165) is 57.0 Å². The van der Waals surface area contributed by atoms with E-state index in [4.69, 9.17) is 9.47 Å². The Hall–Kier alpha value is -2.05. The van der Waals surface area contributed by atoms with E-state index < -0.39 is 11.7 Å². The number of benzene rings is 2. The molecule has 1 unspecified atom stereocenters. The van der Waals surface area contributed by atoms with Crippen molar-refractivity contribution in [1.82, 2.24) is 4.90 Å². The van der Waals surface area contributed by atoms with Crippen LogP contribution in [-0.4, -0.2) is 37.7 Å². The van der Waals surface area contributed by atoms with Crippen molar-refractivity contribution in [1.29, 1.82) is 0 Å². The molecule has 140 valence electrons. The molecule has 0 aliphatic carbocycles. The summed E-state index contributed by atoms with van der Waals surface area (Å²) >= 11 is 0. The minimum Gasteiger partial charge on any atom is -0.486 e. The normalized spacial score (nSPS) is 17.0. The molecule has 0 bridgehead atoms. The number of rotatable bonds is 6. The maximum Gasteiger partial charge on any atom is 0.416 e. The van der Waals surface area contributed by atoms with Gasteiger partial charge in [-0.05, 0) is 29.8 Å². The molecule has 1 fully saturated rings. The summed E-state index contributed by atoms with van der Waals surface area (Å²) in [6.45, 7) is 4.10. The molecule has 1 aliphatic rings. The van der Waals surface area contributed by atoms with Crippen molar-refractivity contribution in [3.8, 4) is 5.75 Å². The number of morpholine rings is 1. The monoisotopic (exact) mass is 365 g/mol. The first-order chi connectivity index (χ1) is 12.5. The summed E-state index contributed by atoms with van der Waals surface area (Å²) in [7, 11) is 0. The maximum absolute atomic E-state index is 12.7. The van der Waals surface area contributed by atoms with Gasteiger partial charge >= 0.3 is 6.18 Å². The summed E-state index contributed by atoms with van der Waals surface area (Å²) in [6.07, 6.45) is -3.80. The minimum absolute atomic E-state index is 0.212. The van der Waals surface area contributed by atoms with Crippen LogP contribution in [0, 0.1) is 0 Å². The standard InChI is InChI=1S/C20H22F3NO2/c21-20(22,23)17-6-8-18(9-7-17)26-19(16-4-2-1-3-5-16)10-11-24-12-14-25-15-13-24/h1-9,19H,10-15H2. The highest BCUT2D eigenvalue weighted by molar-refractivity contribution is 5.30. The predicted molar refractivity (Wildman–Crippen MR) is 93.1 cm³/mol. The molecule has 1 saturated heterocycles. The van der Waals surface area contributed by atoms with Crippen molar-refractivity contribution in [2.45, 2.75) is 18.7 Å². The van der Waals surface area contributed by atoms with Crippen LogP contribution in [0.5, 0.6) is 5.75 Å². The summed E-state index contributed by atoms with van der Waals surface area (Å²) in [5.41, 5.74) is 0.343. The molecule has 1 aliphatic heterocycles. The number of alkyl halides is 3. The van der Waals surface area contributed by atoms with Gasteiger partial charge < -0.3 is 9.47 Å². The van der Waals surface area contributed by atoms with Crippen molar-refractivity contribution in [2.75, 3.05) is 32.8 Å². The fourth-order valence-corrected chi connectivity index (χ4v) is 2.97. The lowest BCUT2D eigenvalue weighted by Crippen LogP contribution is -2.37. The van der Waals surface area contributed by atoms with Gasteiger partial charge in [-0.2, -0.15) is 13.2 Å². The second kappa shape index (κ2) is 8.56. The molecule has 0 spiro atoms. The van der Waals surface area contributed by atoms with Crippen LogP contribution in [0.4, 0.5) is 13.2 Å². The zero-order valence-electron chi connectivity index (χ0n) is 14.4. The smallest absolute Gasteiger partial charge is 0.416 e. The minimum atomic E-state index is -4.34. The zero-order valence-corrected chi connectivity index (χ0v) is 14.4. The van der Waals surface area contributed by atoms with Crippen LogP contribution >= 0.6 is 0 Å². The molecular formula is C20H22F3NO2. The molecule has 6 heteroatoms. The van der Waals surface area contributed by atoms with Crippen LogP contribution in [0.3, 0.4) is 0 Å². The fourth-order valence-electron chi connectivity index (χ4n) is 2.97. The lowest BCUT2D eigenvalue weighted by molar-refractivity contribution is -0.137. The first kappa shape index (κ1) is 18.7. The molecular weight excluding hydrogens is 343 g/mol. The Morgan fingerprint density at radius 1 is 0.962 bits per heavy atom. The molecule has 0 N–H and O–H groups in total. The summed E-state index contributed by atoms with van der Waals surface area (Å²) in [5, 5.41) is 0. The third kappa shape index (κ3) is 5.22. The van der Waals surface area contributed by atoms with E-state index in [1.165, 1.54) is 12.1 Å². The van der Waals surface area contributed by atoms with Crippen LogP contribution in [0.1, 0.15) is 23.7 Å². The van der Waals surface area contributed by atoms with E-state index in [9.17, 15) is 13.2 Å². The second-order valence-corrected chi connectivity index (χ2v) is 6.28. The largest absolute Gasteiger partial charge is 0.486 e. The Morgan fingerprint density at radius 3 is 2.23 bits per heavy atom. The van der Waals surface area contributed by atoms with Gasteiger partial charge in [0, 0.05) is 26.1 Å². The topological polar surface area (TPSA) is 21.7 Å². The van der Waals surface area contributed by atoms with E-state index >= 15 is 0 Å². The molecule has 0 aromatic heterocycles. The quantitative estimate of drug-likeness (QED) is 0.750. The molecule has 0 radical (unpaired) electrons. The number of hydrogen-bond donors (Lipinski definition) is 0. The van der Waals surface area contributed by atoms with Crippen LogP contribution in [-0.2, 0) is 10.9 Å². The molecule has 3 rings (SSSR count). The van der Waals surface area contributed by atoms with Gasteiger partial charge in [-0.1, -0.05) is 30.3 Å². The molecule has 0 saturated carbocycles. The summed E-state index contributed by atoms with van der Waals surface area (Å²) < 4.78 is 49.5. The first-order valence-electron chi connectivity index (χ1n) is 8.71. The highest BCUT2D eigenvalue weighted by atomic mass is 19.4. The average molecular weight is 365 g/mol. The molecule has 1 heterocycles. The lowest BCUT2D eigenvalue weighted by atomic mass is 10.1. The lowest BCUT2D eigenvalue weighted by Gasteiger charge is -2.28. The van der Waals surface area contributed by atoms with Gasteiger partial charge in [-0.3, -0.25) is 4.90 Å². The Balaban J connectivity index is 1.69. The van der Waals surface area contributed by atoms with Crippen LogP contribution in [0.2, 0.25) is 0 Å². The van der Waals surface area contributed by atoms with Crippen LogP contribution in [0.15, 0.2) is 54.6 Å². The molecule has 2 aromatic rings. The average Bonchev–Trinajstić information content (AvgIpc) is 2.66. The van der Waals surface area contributed by atoms with Gasteiger partial charge in [0.1, 0.15) is 11.9 Å². The van der Waals surface area contributed by atoms with Gasteiger partial charge in [-0.25, -0.2) is 0 Å². The molecule has 3 nitrogen and oxygen atoms in total. The molecule has 0 amide bonds. The van der Waals surface area contributed by atoms with E-state index in [1.807, 2.05) is 30.3 Å². The molecule has 1 atom stereocenters. The van der Waals surface area contributed by atoms with E-state index in [-0.39, 0.29) is 6.10 Å². The van der Waals surface area contributed by atoms with Crippen LogP contribution < -0.4 is 4.74 Å². The van der Waals surface area contributed by atoms with Crippen molar-refractivity contribution < 1.29 is 22.6 Å². The van der Waals surface area contributed by atoms with Crippen molar-refractivity contribution in [3.63, 3.8) is 0 Å².